The summed E-state index contributed by atoms with van der Waals surface area (Å²) in [4.78, 5) is 4.52. The maximum Gasteiger partial charge on any atom is 0.0901 e. The van der Waals surface area contributed by atoms with E-state index in [-0.39, 0.29) is 0 Å². The first-order valence-corrected chi connectivity index (χ1v) is 7.33. The zero-order valence-corrected chi connectivity index (χ0v) is 12.1. The lowest BCUT2D eigenvalue weighted by Gasteiger charge is -2.11. The molecule has 0 aliphatic heterocycles. The Balaban J connectivity index is 2.10. The molecule has 1 aromatic carbocycles. The maximum absolute atomic E-state index is 4.52. The van der Waals surface area contributed by atoms with Crippen molar-refractivity contribution in [2.24, 2.45) is 5.92 Å². The minimum atomic E-state index is 0.704. The Bertz CT molecular complexity index is 505. The van der Waals surface area contributed by atoms with Gasteiger partial charge in [0.05, 0.1) is 10.7 Å². The summed E-state index contributed by atoms with van der Waals surface area (Å²) in [5, 5.41) is 6.72. The lowest BCUT2D eigenvalue weighted by molar-refractivity contribution is 0.593. The van der Waals surface area contributed by atoms with Crippen LogP contribution in [0.1, 0.15) is 25.3 Å². The van der Waals surface area contributed by atoms with Gasteiger partial charge in [-0.1, -0.05) is 32.4 Å². The van der Waals surface area contributed by atoms with Crippen LogP contribution in [0, 0.1) is 12.8 Å². The van der Waals surface area contributed by atoms with Gasteiger partial charge < -0.3 is 5.32 Å². The molecule has 0 bridgehead atoms. The van der Waals surface area contributed by atoms with Crippen LogP contribution >= 0.6 is 11.3 Å². The van der Waals surface area contributed by atoms with Gasteiger partial charge in [-0.3, -0.25) is 0 Å². The molecule has 0 saturated heterocycles. The molecule has 0 amide bonds. The molecular formula is C15H20N2S. The van der Waals surface area contributed by atoms with Crippen LogP contribution in [-0.4, -0.2) is 11.5 Å². The Morgan fingerprint density at radius 1 is 1.39 bits per heavy atom. The van der Waals surface area contributed by atoms with Crippen molar-refractivity contribution in [1.29, 1.82) is 0 Å². The van der Waals surface area contributed by atoms with Crippen LogP contribution in [0.2, 0.25) is 0 Å². The molecule has 0 aliphatic carbocycles. The number of hydrogen-bond donors (Lipinski definition) is 1. The minimum Gasteiger partial charge on any atom is -0.385 e. The van der Waals surface area contributed by atoms with Crippen LogP contribution in [0.4, 0.5) is 5.69 Å². The highest BCUT2D eigenvalue weighted by Crippen LogP contribution is 2.24. The number of thiazole rings is 1. The Morgan fingerprint density at radius 3 is 2.89 bits per heavy atom. The summed E-state index contributed by atoms with van der Waals surface area (Å²) < 4.78 is 0. The second-order valence-corrected chi connectivity index (χ2v) is 5.79. The third-order valence-electron chi connectivity index (χ3n) is 3.13. The molecule has 1 N–H and O–H groups in total. The van der Waals surface area contributed by atoms with Gasteiger partial charge in [-0.15, -0.1) is 11.3 Å². The topological polar surface area (TPSA) is 24.9 Å². The number of nitrogens with zero attached hydrogens (tertiary/aromatic N) is 1. The summed E-state index contributed by atoms with van der Waals surface area (Å²) in [5.74, 6) is 0.704. The molecule has 0 radical (unpaired) electrons. The molecule has 18 heavy (non-hydrogen) atoms. The third-order valence-corrected chi connectivity index (χ3v) is 3.90. The molecule has 1 heterocycles. The summed E-state index contributed by atoms with van der Waals surface area (Å²) in [6.07, 6.45) is 1.21. The number of benzene rings is 1. The van der Waals surface area contributed by atoms with E-state index in [1.165, 1.54) is 17.7 Å². The average molecular weight is 260 g/mol. The molecule has 0 saturated carbocycles. The fourth-order valence-corrected chi connectivity index (χ4v) is 2.34. The summed E-state index contributed by atoms with van der Waals surface area (Å²) in [5.41, 5.74) is 3.44. The standard InChI is InChI=1S/C15H20N2S/c1-4-11(2)9-16-14-7-5-6-13(8-14)15-10-18-12(3)17-15/h5-8,10-11,16H,4,9H2,1-3H3. The van der Waals surface area contributed by atoms with E-state index in [1.54, 1.807) is 11.3 Å². The van der Waals surface area contributed by atoms with Gasteiger partial charge in [0.1, 0.15) is 0 Å². The molecule has 1 unspecified atom stereocenters. The van der Waals surface area contributed by atoms with Gasteiger partial charge in [0.15, 0.2) is 0 Å². The maximum atomic E-state index is 4.52. The van der Waals surface area contributed by atoms with Gasteiger partial charge in [-0.2, -0.15) is 0 Å². The second-order valence-electron chi connectivity index (χ2n) is 4.73. The summed E-state index contributed by atoms with van der Waals surface area (Å²) in [6, 6.07) is 8.49. The van der Waals surface area contributed by atoms with Crippen molar-refractivity contribution >= 4 is 17.0 Å². The Morgan fingerprint density at radius 2 is 2.22 bits per heavy atom. The van der Waals surface area contributed by atoms with Crippen molar-refractivity contribution < 1.29 is 0 Å². The smallest absolute Gasteiger partial charge is 0.0901 e. The number of hydrogen-bond acceptors (Lipinski definition) is 3. The molecule has 2 nitrogen and oxygen atoms in total. The highest BCUT2D eigenvalue weighted by atomic mass is 32.1. The van der Waals surface area contributed by atoms with E-state index >= 15 is 0 Å². The molecule has 1 atom stereocenters. The zero-order valence-electron chi connectivity index (χ0n) is 11.2. The van der Waals surface area contributed by atoms with Crippen LogP contribution in [0.3, 0.4) is 0 Å². The minimum absolute atomic E-state index is 0.704. The number of aromatic nitrogens is 1. The molecule has 2 rings (SSSR count). The van der Waals surface area contributed by atoms with Crippen molar-refractivity contribution in [2.75, 3.05) is 11.9 Å². The predicted molar refractivity (Wildman–Crippen MR) is 80.2 cm³/mol. The summed E-state index contributed by atoms with van der Waals surface area (Å²) >= 11 is 1.70. The Labute approximate surface area is 113 Å². The molecule has 0 spiro atoms. The number of nitrogens with one attached hydrogen (secondary N) is 1. The molecule has 2 aromatic rings. The second kappa shape index (κ2) is 6.01. The van der Waals surface area contributed by atoms with Gasteiger partial charge in [-0.05, 0) is 25.0 Å². The number of rotatable bonds is 5. The van der Waals surface area contributed by atoms with Crippen LogP contribution in [0.15, 0.2) is 29.6 Å². The zero-order chi connectivity index (χ0) is 13.0. The normalized spacial score (nSPS) is 12.4. The van der Waals surface area contributed by atoms with Gasteiger partial charge >= 0.3 is 0 Å². The highest BCUT2D eigenvalue weighted by molar-refractivity contribution is 7.09. The van der Waals surface area contributed by atoms with Crippen LogP contribution in [0.25, 0.3) is 11.3 Å². The molecule has 0 aliphatic rings. The van der Waals surface area contributed by atoms with Crippen LogP contribution < -0.4 is 5.32 Å². The number of aryl methyl sites for hydroxylation is 1. The van der Waals surface area contributed by atoms with Gasteiger partial charge in [0.2, 0.25) is 0 Å². The van der Waals surface area contributed by atoms with Crippen molar-refractivity contribution in [2.45, 2.75) is 27.2 Å². The molecule has 0 fully saturated rings. The van der Waals surface area contributed by atoms with Crippen molar-refractivity contribution in [3.8, 4) is 11.3 Å². The van der Waals surface area contributed by atoms with E-state index in [0.29, 0.717) is 5.92 Å². The monoisotopic (exact) mass is 260 g/mol. The van der Waals surface area contributed by atoms with E-state index in [0.717, 1.165) is 17.2 Å². The average Bonchev–Trinajstić information content (AvgIpc) is 2.83. The molecular weight excluding hydrogens is 240 g/mol. The van der Waals surface area contributed by atoms with Crippen molar-refractivity contribution in [3.05, 3.63) is 34.7 Å². The SMILES string of the molecule is CCC(C)CNc1cccc(-c2csc(C)n2)c1. The summed E-state index contributed by atoms with van der Waals surface area (Å²) in [7, 11) is 0. The van der Waals surface area contributed by atoms with E-state index < -0.39 is 0 Å². The van der Waals surface area contributed by atoms with Gasteiger partial charge in [-0.25, -0.2) is 4.98 Å². The molecule has 3 heteroatoms. The van der Waals surface area contributed by atoms with E-state index in [9.17, 15) is 0 Å². The quantitative estimate of drug-likeness (QED) is 0.851. The lowest BCUT2D eigenvalue weighted by atomic mass is 10.1. The van der Waals surface area contributed by atoms with Crippen molar-refractivity contribution in [3.63, 3.8) is 0 Å². The molecule has 96 valence electrons. The van der Waals surface area contributed by atoms with Crippen LogP contribution in [0.5, 0.6) is 0 Å². The largest absolute Gasteiger partial charge is 0.385 e. The fraction of sp³-hybridized carbons (Fsp3) is 0.400. The first-order chi connectivity index (χ1) is 8.69. The van der Waals surface area contributed by atoms with E-state index in [1.807, 2.05) is 6.92 Å². The first kappa shape index (κ1) is 13.1. The van der Waals surface area contributed by atoms with Gasteiger partial charge in [0.25, 0.3) is 0 Å². The lowest BCUT2D eigenvalue weighted by Crippen LogP contribution is -2.10. The van der Waals surface area contributed by atoms with Crippen molar-refractivity contribution in [1.82, 2.24) is 4.98 Å². The highest BCUT2D eigenvalue weighted by Gasteiger charge is 2.03. The Kier molecular flexibility index (Phi) is 4.37. The molecule has 1 aromatic heterocycles. The van der Waals surface area contributed by atoms with E-state index in [4.69, 9.17) is 0 Å². The van der Waals surface area contributed by atoms with E-state index in [2.05, 4.69) is 53.8 Å². The van der Waals surface area contributed by atoms with Gasteiger partial charge in [0, 0.05) is 23.2 Å². The summed E-state index contributed by atoms with van der Waals surface area (Å²) in [6.45, 7) is 7.55. The Hall–Kier alpha value is -1.35. The fourth-order valence-electron chi connectivity index (χ4n) is 1.72. The number of anilines is 1. The predicted octanol–water partition coefficient (Wildman–Crippen LogP) is 4.58. The van der Waals surface area contributed by atoms with Crippen LogP contribution in [-0.2, 0) is 0 Å². The first-order valence-electron chi connectivity index (χ1n) is 6.45. The third kappa shape index (κ3) is 3.33.